The van der Waals surface area contributed by atoms with Crippen molar-refractivity contribution < 1.29 is 0 Å². The zero-order valence-electron chi connectivity index (χ0n) is 34.4. The second-order valence-corrected chi connectivity index (χ2v) is 16.8. The number of fused-ring (bicyclic) bond motifs is 8. The standard InChI is InChI=1S/C58H40N4/c1-58(2)50-26-12-11-21-45(50)46-22-13-23-47(53(46)58)48-24-14-25-49-52-44-20-10-9-19-41(44)35-36-51(52)62(54(48)49)57-60-55(42-31-27-39(28-32-42)37-15-5-3-6-16-37)59-56(61-57)43-33-29-40(30-34-43)38-17-7-4-8-18-38/h3-36H,1-2H3. The first-order valence-corrected chi connectivity index (χ1v) is 21.3. The van der Waals surface area contributed by atoms with Gasteiger partial charge >= 0.3 is 0 Å². The van der Waals surface area contributed by atoms with Gasteiger partial charge < -0.3 is 0 Å². The Balaban J connectivity index is 1.14. The molecule has 2 aromatic heterocycles. The maximum Gasteiger partial charge on any atom is 0.238 e. The number of hydrogen-bond donors (Lipinski definition) is 0. The maximum absolute atomic E-state index is 5.43. The van der Waals surface area contributed by atoms with Gasteiger partial charge in [-0.2, -0.15) is 9.97 Å². The highest BCUT2D eigenvalue weighted by Gasteiger charge is 2.38. The minimum absolute atomic E-state index is 0.209. The highest BCUT2D eigenvalue weighted by molar-refractivity contribution is 6.23. The van der Waals surface area contributed by atoms with Gasteiger partial charge in [0.2, 0.25) is 5.95 Å². The largest absolute Gasteiger partial charge is 0.277 e. The predicted molar refractivity (Wildman–Crippen MR) is 256 cm³/mol. The van der Waals surface area contributed by atoms with Crippen LogP contribution in [0.4, 0.5) is 0 Å². The zero-order chi connectivity index (χ0) is 41.4. The van der Waals surface area contributed by atoms with Crippen LogP contribution in [0.15, 0.2) is 206 Å². The average molecular weight is 793 g/mol. The molecule has 0 N–H and O–H groups in total. The van der Waals surface area contributed by atoms with Crippen molar-refractivity contribution in [2.24, 2.45) is 0 Å². The summed E-state index contributed by atoms with van der Waals surface area (Å²) in [5.41, 5.74) is 16.0. The van der Waals surface area contributed by atoms with Gasteiger partial charge in [-0.25, -0.2) is 4.98 Å². The summed E-state index contributed by atoms with van der Waals surface area (Å²) >= 11 is 0. The molecule has 0 saturated carbocycles. The molecule has 0 saturated heterocycles. The van der Waals surface area contributed by atoms with Gasteiger partial charge in [-0.15, -0.1) is 0 Å². The van der Waals surface area contributed by atoms with E-state index in [0.717, 1.165) is 44.2 Å². The molecule has 2 heterocycles. The molecule has 9 aromatic carbocycles. The third-order valence-corrected chi connectivity index (χ3v) is 12.9. The normalized spacial score (nSPS) is 12.8. The van der Waals surface area contributed by atoms with Crippen LogP contribution in [0.1, 0.15) is 25.0 Å². The van der Waals surface area contributed by atoms with E-state index < -0.39 is 0 Å². The highest BCUT2D eigenvalue weighted by Crippen LogP contribution is 2.53. The molecule has 292 valence electrons. The Morgan fingerprint density at radius 3 is 1.52 bits per heavy atom. The van der Waals surface area contributed by atoms with Crippen LogP contribution < -0.4 is 0 Å². The number of aromatic nitrogens is 4. The lowest BCUT2D eigenvalue weighted by Gasteiger charge is -2.25. The van der Waals surface area contributed by atoms with Crippen molar-refractivity contribution >= 4 is 32.6 Å². The molecule has 12 rings (SSSR count). The quantitative estimate of drug-likeness (QED) is 0.168. The molecule has 4 nitrogen and oxygen atoms in total. The Labute approximate surface area is 360 Å². The summed E-state index contributed by atoms with van der Waals surface area (Å²) in [5, 5.41) is 4.72. The minimum atomic E-state index is -0.209. The fourth-order valence-electron chi connectivity index (χ4n) is 9.94. The van der Waals surface area contributed by atoms with Crippen LogP contribution in [0.2, 0.25) is 0 Å². The van der Waals surface area contributed by atoms with Crippen molar-refractivity contribution in [2.45, 2.75) is 19.3 Å². The first-order valence-electron chi connectivity index (χ1n) is 21.3. The number of hydrogen-bond acceptors (Lipinski definition) is 3. The van der Waals surface area contributed by atoms with Gasteiger partial charge in [0.1, 0.15) is 0 Å². The molecular weight excluding hydrogens is 753 g/mol. The lowest BCUT2D eigenvalue weighted by atomic mass is 9.78. The monoisotopic (exact) mass is 792 g/mol. The summed E-state index contributed by atoms with van der Waals surface area (Å²) < 4.78 is 2.30. The fraction of sp³-hybridized carbons (Fsp3) is 0.0517. The Bertz CT molecular complexity index is 3410. The van der Waals surface area contributed by atoms with Crippen LogP contribution in [-0.4, -0.2) is 19.5 Å². The number of benzene rings is 9. The number of nitrogens with zero attached hydrogens (tertiary/aromatic N) is 4. The first-order chi connectivity index (χ1) is 30.5. The van der Waals surface area contributed by atoms with Crippen LogP contribution in [0.25, 0.3) is 106 Å². The van der Waals surface area contributed by atoms with E-state index in [1.165, 1.54) is 55.1 Å². The lowest BCUT2D eigenvalue weighted by molar-refractivity contribution is 0.662. The van der Waals surface area contributed by atoms with Crippen molar-refractivity contribution in [2.75, 3.05) is 0 Å². The molecule has 0 radical (unpaired) electrons. The van der Waals surface area contributed by atoms with Gasteiger partial charge in [0.25, 0.3) is 0 Å². The topological polar surface area (TPSA) is 43.6 Å². The molecule has 0 bridgehead atoms. The minimum Gasteiger partial charge on any atom is -0.277 e. The van der Waals surface area contributed by atoms with Gasteiger partial charge in [-0.3, -0.25) is 4.57 Å². The van der Waals surface area contributed by atoms with Crippen LogP contribution >= 0.6 is 0 Å². The molecule has 0 fully saturated rings. The molecule has 1 aliphatic rings. The highest BCUT2D eigenvalue weighted by atomic mass is 15.2. The summed E-state index contributed by atoms with van der Waals surface area (Å²) in [6.07, 6.45) is 0. The van der Waals surface area contributed by atoms with E-state index in [4.69, 9.17) is 15.0 Å². The van der Waals surface area contributed by atoms with E-state index in [-0.39, 0.29) is 5.41 Å². The van der Waals surface area contributed by atoms with Crippen molar-refractivity contribution in [1.29, 1.82) is 0 Å². The Morgan fingerprint density at radius 2 is 0.855 bits per heavy atom. The number of rotatable bonds is 6. The molecule has 0 unspecified atom stereocenters. The maximum atomic E-state index is 5.43. The van der Waals surface area contributed by atoms with E-state index in [2.05, 4.69) is 213 Å². The third kappa shape index (κ3) is 5.64. The summed E-state index contributed by atoms with van der Waals surface area (Å²) in [5.74, 6) is 1.80. The average Bonchev–Trinajstić information content (AvgIpc) is 3.81. The summed E-state index contributed by atoms with van der Waals surface area (Å²) in [7, 11) is 0. The smallest absolute Gasteiger partial charge is 0.238 e. The molecule has 0 spiro atoms. The van der Waals surface area contributed by atoms with E-state index in [1.54, 1.807) is 0 Å². The van der Waals surface area contributed by atoms with Crippen molar-refractivity contribution in [3.8, 4) is 73.2 Å². The zero-order valence-corrected chi connectivity index (χ0v) is 34.4. The van der Waals surface area contributed by atoms with Crippen LogP contribution in [0.5, 0.6) is 0 Å². The van der Waals surface area contributed by atoms with E-state index >= 15 is 0 Å². The second-order valence-electron chi connectivity index (χ2n) is 16.8. The van der Waals surface area contributed by atoms with Crippen LogP contribution in [0, 0.1) is 0 Å². The summed E-state index contributed by atoms with van der Waals surface area (Å²) in [6, 6.07) is 73.6. The summed E-state index contributed by atoms with van der Waals surface area (Å²) in [6.45, 7) is 4.72. The molecule has 1 aliphatic carbocycles. The van der Waals surface area contributed by atoms with Gasteiger partial charge in [0.15, 0.2) is 11.6 Å². The molecular formula is C58H40N4. The Morgan fingerprint density at radius 1 is 0.371 bits per heavy atom. The molecule has 0 amide bonds. The first kappa shape index (κ1) is 35.9. The number of para-hydroxylation sites is 1. The van der Waals surface area contributed by atoms with Gasteiger partial charge in [0.05, 0.1) is 11.0 Å². The molecule has 11 aromatic rings. The lowest BCUT2D eigenvalue weighted by Crippen LogP contribution is -2.16. The van der Waals surface area contributed by atoms with Crippen molar-refractivity contribution in [3.63, 3.8) is 0 Å². The van der Waals surface area contributed by atoms with E-state index in [0.29, 0.717) is 17.6 Å². The van der Waals surface area contributed by atoms with E-state index in [9.17, 15) is 0 Å². The van der Waals surface area contributed by atoms with Crippen LogP contribution in [0.3, 0.4) is 0 Å². The second kappa shape index (κ2) is 14.1. The van der Waals surface area contributed by atoms with Gasteiger partial charge in [-0.05, 0) is 66.9 Å². The molecule has 62 heavy (non-hydrogen) atoms. The van der Waals surface area contributed by atoms with Crippen molar-refractivity contribution in [1.82, 2.24) is 19.5 Å². The molecule has 0 atom stereocenters. The summed E-state index contributed by atoms with van der Waals surface area (Å²) in [4.78, 5) is 16.1. The van der Waals surface area contributed by atoms with Gasteiger partial charge in [-0.1, -0.05) is 214 Å². The fourth-order valence-corrected chi connectivity index (χ4v) is 9.94. The third-order valence-electron chi connectivity index (χ3n) is 12.9. The van der Waals surface area contributed by atoms with E-state index in [1.807, 2.05) is 12.1 Å². The van der Waals surface area contributed by atoms with Gasteiger partial charge in [0, 0.05) is 32.9 Å². The van der Waals surface area contributed by atoms with Crippen LogP contribution in [-0.2, 0) is 5.41 Å². The SMILES string of the molecule is CC1(C)c2ccccc2-c2cccc(-c3cccc4c5c6ccccc6ccc5n(-c5nc(-c6ccc(-c7ccccc7)cc6)nc(-c6ccc(-c7ccccc7)cc6)n5)c34)c21. The Hall–Kier alpha value is -7.95. The predicted octanol–water partition coefficient (Wildman–Crippen LogP) is 14.8. The Kier molecular flexibility index (Phi) is 8.16. The molecule has 4 heteroatoms. The van der Waals surface area contributed by atoms with Crippen molar-refractivity contribution in [3.05, 3.63) is 217 Å². The molecule has 0 aliphatic heterocycles.